The van der Waals surface area contributed by atoms with Gasteiger partial charge in [-0.25, -0.2) is 19.9 Å². The molecule has 0 bridgehead atoms. The highest BCUT2D eigenvalue weighted by Gasteiger charge is 2.03. The maximum atomic E-state index is 5.09. The topological polar surface area (TPSA) is 117 Å². The summed E-state index contributed by atoms with van der Waals surface area (Å²) in [5.41, 5.74) is 8.01. The molecule has 0 aliphatic rings. The van der Waals surface area contributed by atoms with Gasteiger partial charge in [-0.3, -0.25) is 9.97 Å². The molecule has 10 rings (SSSR count). The van der Waals surface area contributed by atoms with E-state index in [4.69, 9.17) is 13.3 Å². The van der Waals surface area contributed by atoms with E-state index in [0.717, 1.165) is 23.0 Å². The lowest BCUT2D eigenvalue weighted by atomic mass is 10.1. The number of rotatable bonds is 10. The van der Waals surface area contributed by atoms with E-state index in [0.29, 0.717) is 59.2 Å². The summed E-state index contributed by atoms with van der Waals surface area (Å²) in [6, 6.07) is 24.7. The van der Waals surface area contributed by atoms with Gasteiger partial charge in [0, 0.05) is 68.7 Å². The molecule has 0 N–H and O–H groups in total. The van der Waals surface area contributed by atoms with E-state index in [9.17, 15) is 0 Å². The van der Waals surface area contributed by atoms with Gasteiger partial charge in [0.1, 0.15) is 18.3 Å². The predicted molar refractivity (Wildman–Crippen MR) is 358 cm³/mol. The number of nitrogens with zero attached hydrogens (tertiary/aromatic N) is 6. The summed E-state index contributed by atoms with van der Waals surface area (Å²) in [6.45, 7) is 43.0. The summed E-state index contributed by atoms with van der Waals surface area (Å²) >= 11 is 8.81. The van der Waals surface area contributed by atoms with Gasteiger partial charge in [0.05, 0.1) is 34.4 Å². The summed E-state index contributed by atoms with van der Waals surface area (Å²) < 4.78 is 14.8. The molecule has 0 spiro atoms. The number of pyridine rings is 2. The lowest BCUT2D eigenvalue weighted by Crippen LogP contribution is -1.88. The van der Waals surface area contributed by atoms with Crippen LogP contribution in [0.2, 0.25) is 0 Å². The van der Waals surface area contributed by atoms with Gasteiger partial charge in [0.25, 0.3) is 0 Å². The van der Waals surface area contributed by atoms with E-state index in [-0.39, 0.29) is 0 Å². The monoisotopic (exact) mass is 1210 g/mol. The molecule has 14 heteroatoms. The largest absolute Gasteiger partial charge is 0.469 e. The molecule has 0 atom stereocenters. The average Bonchev–Trinajstić information content (AvgIpc) is 4.32. The van der Waals surface area contributed by atoms with Crippen molar-refractivity contribution >= 4 is 56.7 Å². The summed E-state index contributed by atoms with van der Waals surface area (Å²) in [5.74, 6) is 7.70. The van der Waals surface area contributed by atoms with Crippen molar-refractivity contribution in [3.05, 3.63) is 221 Å². The molecule has 0 unspecified atom stereocenters. The van der Waals surface area contributed by atoms with Gasteiger partial charge < -0.3 is 13.3 Å². The fourth-order valence-corrected chi connectivity index (χ4v) is 9.63. The zero-order valence-corrected chi connectivity index (χ0v) is 57.0. The third-order valence-electron chi connectivity index (χ3n) is 11.2. The second kappa shape index (κ2) is 44.9. The first-order valence-corrected chi connectivity index (χ1v) is 33.1. The van der Waals surface area contributed by atoms with Gasteiger partial charge in [0.2, 0.25) is 0 Å². The number of aromatic nitrogens is 6. The van der Waals surface area contributed by atoms with Crippen LogP contribution >= 0.6 is 56.7 Å². The Morgan fingerprint density at radius 2 is 1.02 bits per heavy atom. The van der Waals surface area contributed by atoms with E-state index in [2.05, 4.69) is 218 Å². The van der Waals surface area contributed by atoms with Gasteiger partial charge in [-0.05, 0) is 123 Å². The third kappa shape index (κ3) is 35.4. The van der Waals surface area contributed by atoms with Crippen LogP contribution in [0.4, 0.5) is 0 Å². The maximum Gasteiger partial charge on any atom is 0.196 e. The zero-order chi connectivity index (χ0) is 61.2. The normalized spacial score (nSPS) is 10.3. The van der Waals surface area contributed by atoms with Crippen LogP contribution < -0.4 is 0 Å². The molecular formula is C68H98N6O3S5. The van der Waals surface area contributed by atoms with Crippen LogP contribution in [0.1, 0.15) is 252 Å². The highest BCUT2D eigenvalue weighted by Crippen LogP contribution is 2.21. The lowest BCUT2D eigenvalue weighted by molar-refractivity contribution is 0.471. The van der Waals surface area contributed by atoms with E-state index in [1.807, 2.05) is 102 Å². The van der Waals surface area contributed by atoms with E-state index >= 15 is 0 Å². The summed E-state index contributed by atoms with van der Waals surface area (Å²) in [4.78, 5) is 27.3. The molecule has 10 heterocycles. The van der Waals surface area contributed by atoms with Crippen LogP contribution in [0.3, 0.4) is 0 Å². The Labute approximate surface area is 515 Å². The van der Waals surface area contributed by atoms with Crippen molar-refractivity contribution in [2.24, 2.45) is 0 Å². The molecule has 448 valence electrons. The number of thiazole rings is 2. The molecule has 0 saturated heterocycles. The van der Waals surface area contributed by atoms with Crippen LogP contribution in [0.5, 0.6) is 0 Å². The Kier molecular flexibility index (Phi) is 40.7. The predicted octanol–water partition coefficient (Wildman–Crippen LogP) is 23.6. The standard InChI is InChI=1S/2C8H11N.C7H10O.3C7H10S.2C6H9NO.2C6H9NS/c1-7(2)8-4-3-5-9-6-8;1-7(2)8-5-3-4-6-9-8;1-6(2)7-4-3-5-8-7;1-6(2)7-3-4-8-5-7;2*1-6(2)7-4-3-5-8-7;1-5(2)6-3-8-4-7-6;1-5(2)6-7-3-4-8-6;1-5(2)6-3-8-4-7-6;1-5(2)6-7-3-4-8-6/h2*3-7H,1-2H3;4*3-6H,1-2H3;4*3-5H,1-2H3. The molecule has 0 saturated carbocycles. The SMILES string of the molecule is CC(C)c1ccccn1.CC(C)c1cccnc1.CC(C)c1ccco1.CC(C)c1cccs1.CC(C)c1cccs1.CC(C)c1ccsc1.CC(C)c1cocn1.CC(C)c1cscn1.CC(C)c1ncco1.CC(C)c1nccs1. The average molecular weight is 1210 g/mol. The van der Waals surface area contributed by atoms with E-state index in [1.54, 1.807) is 65.2 Å². The minimum atomic E-state index is 0.407. The van der Waals surface area contributed by atoms with Crippen molar-refractivity contribution in [3.8, 4) is 0 Å². The fourth-order valence-electron chi connectivity index (χ4n) is 5.95. The van der Waals surface area contributed by atoms with Crippen LogP contribution in [0.25, 0.3) is 0 Å². The smallest absolute Gasteiger partial charge is 0.196 e. The number of furan rings is 1. The van der Waals surface area contributed by atoms with Crippen molar-refractivity contribution in [2.75, 3.05) is 0 Å². The molecule has 0 fully saturated rings. The Bertz CT molecular complexity index is 2280. The Hall–Kier alpha value is -5.64. The molecule has 9 nitrogen and oxygen atoms in total. The molecule has 0 aliphatic heterocycles. The molecular weight excluding hydrogens is 1110 g/mol. The molecule has 10 aromatic rings. The number of oxazole rings is 2. The first kappa shape index (κ1) is 74.4. The van der Waals surface area contributed by atoms with Crippen LogP contribution in [-0.2, 0) is 0 Å². The van der Waals surface area contributed by atoms with E-state index in [1.165, 1.54) is 38.0 Å². The summed E-state index contributed by atoms with van der Waals surface area (Å²) in [6.07, 6.45) is 15.5. The number of hydrogen-bond donors (Lipinski definition) is 0. The van der Waals surface area contributed by atoms with Crippen molar-refractivity contribution in [2.45, 2.75) is 198 Å². The van der Waals surface area contributed by atoms with Gasteiger partial charge in [-0.1, -0.05) is 163 Å². The Morgan fingerprint density at radius 3 is 1.27 bits per heavy atom. The molecule has 82 heavy (non-hydrogen) atoms. The van der Waals surface area contributed by atoms with Gasteiger partial charge in [0.15, 0.2) is 12.3 Å². The lowest BCUT2D eigenvalue weighted by Gasteiger charge is -2.00. The number of thiophene rings is 3. The van der Waals surface area contributed by atoms with Crippen molar-refractivity contribution in [1.29, 1.82) is 0 Å². The zero-order valence-electron chi connectivity index (χ0n) is 52.9. The fraction of sp³-hybridized carbons (Fsp3) is 0.441. The van der Waals surface area contributed by atoms with Gasteiger partial charge >= 0.3 is 0 Å². The Balaban J connectivity index is 0.000000456. The summed E-state index contributed by atoms with van der Waals surface area (Å²) in [5, 5.41) is 13.9. The summed E-state index contributed by atoms with van der Waals surface area (Å²) in [7, 11) is 0. The van der Waals surface area contributed by atoms with Crippen LogP contribution in [0.15, 0.2) is 180 Å². The van der Waals surface area contributed by atoms with Crippen molar-refractivity contribution in [3.63, 3.8) is 0 Å². The third-order valence-corrected chi connectivity index (χ3v) is 15.9. The van der Waals surface area contributed by atoms with Crippen molar-refractivity contribution < 1.29 is 13.3 Å². The number of hydrogen-bond acceptors (Lipinski definition) is 14. The van der Waals surface area contributed by atoms with Crippen LogP contribution in [-0.4, -0.2) is 29.9 Å². The highest BCUT2D eigenvalue weighted by atomic mass is 32.1. The second-order valence-corrected chi connectivity index (χ2v) is 26.1. The highest BCUT2D eigenvalue weighted by molar-refractivity contribution is 7.10. The minimum Gasteiger partial charge on any atom is -0.469 e. The van der Waals surface area contributed by atoms with Gasteiger partial charge in [-0.2, -0.15) is 11.3 Å². The minimum absolute atomic E-state index is 0.407. The van der Waals surface area contributed by atoms with Crippen LogP contribution in [0, 0.1) is 0 Å². The quantitative estimate of drug-likeness (QED) is 0.132. The van der Waals surface area contributed by atoms with E-state index < -0.39 is 0 Å². The van der Waals surface area contributed by atoms with Gasteiger partial charge in [-0.15, -0.1) is 45.3 Å². The molecule has 0 aromatic carbocycles. The molecule has 0 amide bonds. The molecule has 0 radical (unpaired) electrons. The maximum absolute atomic E-state index is 5.09. The first-order valence-electron chi connectivity index (χ1n) is 28.5. The second-order valence-electron chi connectivity index (χ2n) is 21.8. The Morgan fingerprint density at radius 1 is 0.378 bits per heavy atom. The molecule has 10 aromatic heterocycles. The van der Waals surface area contributed by atoms with Crippen molar-refractivity contribution in [1.82, 2.24) is 29.9 Å². The first-order chi connectivity index (χ1) is 39.0. The molecule has 0 aliphatic carbocycles.